The Hall–Kier alpha value is -3.50. The van der Waals surface area contributed by atoms with Crippen molar-refractivity contribution >= 4 is 0 Å². The largest absolute Gasteiger partial charge is 0.494 e. The molecule has 0 bridgehead atoms. The highest BCUT2D eigenvalue weighted by molar-refractivity contribution is 5.65. The highest BCUT2D eigenvalue weighted by Gasteiger charge is 2.27. The second-order valence-corrected chi connectivity index (χ2v) is 12.7. The standard InChI is InChI=1S/C39H48N2O2/c1-5-7-21-41-33(16-18-37(41)34-11-9-8-10-28(34)3)27-40(25-30-13-19-38-36(23-30)29(4)20-22-43-38)26-31-12-17-35(32-14-15-32)39(24-31)42-6-2/h8-13,16-19,23-24,29,32H,5-7,14-15,20-22,25-27H2,1-4H3. The molecule has 1 aliphatic carbocycles. The van der Waals surface area contributed by atoms with E-state index in [4.69, 9.17) is 9.47 Å². The molecule has 6 rings (SSSR count). The lowest BCUT2D eigenvalue weighted by molar-refractivity contribution is 0.239. The molecule has 4 aromatic rings. The molecule has 3 aromatic carbocycles. The average Bonchev–Trinajstić information content (AvgIpc) is 3.78. The van der Waals surface area contributed by atoms with Gasteiger partial charge >= 0.3 is 0 Å². The lowest BCUT2D eigenvalue weighted by Gasteiger charge is -2.27. The second-order valence-electron chi connectivity index (χ2n) is 12.7. The highest BCUT2D eigenvalue weighted by atomic mass is 16.5. The lowest BCUT2D eigenvalue weighted by atomic mass is 9.93. The summed E-state index contributed by atoms with van der Waals surface area (Å²) < 4.78 is 14.7. The van der Waals surface area contributed by atoms with Crippen LogP contribution in [-0.2, 0) is 26.2 Å². The van der Waals surface area contributed by atoms with Crippen molar-refractivity contribution in [2.45, 2.75) is 97.8 Å². The Labute approximate surface area is 258 Å². The Morgan fingerprint density at radius 1 is 0.860 bits per heavy atom. The number of benzene rings is 3. The molecule has 1 atom stereocenters. The first kappa shape index (κ1) is 29.6. The van der Waals surface area contributed by atoms with Gasteiger partial charge < -0.3 is 14.0 Å². The number of rotatable bonds is 13. The van der Waals surface area contributed by atoms with E-state index in [2.05, 4.69) is 110 Å². The van der Waals surface area contributed by atoms with Crippen molar-refractivity contribution in [2.75, 3.05) is 13.2 Å². The maximum absolute atomic E-state index is 6.16. The van der Waals surface area contributed by atoms with Gasteiger partial charge in [0, 0.05) is 43.1 Å². The predicted octanol–water partition coefficient (Wildman–Crippen LogP) is 9.63. The lowest BCUT2D eigenvalue weighted by Crippen LogP contribution is -2.24. The molecule has 2 aliphatic rings. The molecule has 4 heteroatoms. The van der Waals surface area contributed by atoms with E-state index in [9.17, 15) is 0 Å². The van der Waals surface area contributed by atoms with E-state index >= 15 is 0 Å². The summed E-state index contributed by atoms with van der Waals surface area (Å²) in [6, 6.07) is 27.3. The first-order valence-electron chi connectivity index (χ1n) is 16.5. The van der Waals surface area contributed by atoms with Gasteiger partial charge in [-0.15, -0.1) is 0 Å². The molecule has 1 saturated carbocycles. The van der Waals surface area contributed by atoms with Gasteiger partial charge in [0.2, 0.25) is 0 Å². The van der Waals surface area contributed by atoms with Crippen LogP contribution in [0.15, 0.2) is 72.8 Å². The molecule has 1 aliphatic heterocycles. The maximum atomic E-state index is 6.16. The number of aryl methyl sites for hydroxylation is 1. The summed E-state index contributed by atoms with van der Waals surface area (Å²) in [4.78, 5) is 2.61. The number of unbranched alkanes of at least 4 members (excludes halogenated alkanes) is 1. The summed E-state index contributed by atoms with van der Waals surface area (Å²) >= 11 is 0. The Bertz CT molecular complexity index is 1530. The minimum atomic E-state index is 0.531. The summed E-state index contributed by atoms with van der Waals surface area (Å²) in [6.07, 6.45) is 6.00. The third kappa shape index (κ3) is 6.86. The van der Waals surface area contributed by atoms with Crippen molar-refractivity contribution in [3.63, 3.8) is 0 Å². The van der Waals surface area contributed by atoms with E-state index in [1.807, 2.05) is 0 Å². The van der Waals surface area contributed by atoms with E-state index in [0.29, 0.717) is 18.4 Å². The third-order valence-electron chi connectivity index (χ3n) is 9.23. The Morgan fingerprint density at radius 2 is 1.65 bits per heavy atom. The molecule has 4 nitrogen and oxygen atoms in total. The molecule has 43 heavy (non-hydrogen) atoms. The summed E-state index contributed by atoms with van der Waals surface area (Å²) in [5, 5.41) is 0. The summed E-state index contributed by atoms with van der Waals surface area (Å²) in [7, 11) is 0. The van der Waals surface area contributed by atoms with Crippen LogP contribution in [-0.4, -0.2) is 22.7 Å². The van der Waals surface area contributed by atoms with E-state index < -0.39 is 0 Å². The molecule has 1 aromatic heterocycles. The summed E-state index contributed by atoms with van der Waals surface area (Å²) in [5.41, 5.74) is 10.8. The van der Waals surface area contributed by atoms with Gasteiger partial charge in [0.15, 0.2) is 0 Å². The van der Waals surface area contributed by atoms with E-state index in [1.165, 1.54) is 70.5 Å². The zero-order valence-corrected chi connectivity index (χ0v) is 26.6. The van der Waals surface area contributed by atoms with Crippen LogP contribution in [0.3, 0.4) is 0 Å². The van der Waals surface area contributed by atoms with Crippen molar-refractivity contribution in [3.8, 4) is 22.8 Å². The van der Waals surface area contributed by atoms with E-state index in [-0.39, 0.29) is 0 Å². The van der Waals surface area contributed by atoms with Gasteiger partial charge in [-0.25, -0.2) is 0 Å². The van der Waals surface area contributed by atoms with Crippen LogP contribution in [0.2, 0.25) is 0 Å². The zero-order chi connectivity index (χ0) is 29.8. The number of ether oxygens (including phenoxy) is 2. The van der Waals surface area contributed by atoms with Crippen LogP contribution in [0, 0.1) is 6.92 Å². The number of aromatic nitrogens is 1. The highest BCUT2D eigenvalue weighted by Crippen LogP contribution is 2.44. The Balaban J connectivity index is 1.33. The molecule has 0 radical (unpaired) electrons. The molecular weight excluding hydrogens is 528 g/mol. The molecule has 226 valence electrons. The van der Waals surface area contributed by atoms with E-state index in [0.717, 1.165) is 50.7 Å². The number of hydrogen-bond donors (Lipinski definition) is 0. The van der Waals surface area contributed by atoms with Crippen LogP contribution in [0.1, 0.15) is 98.2 Å². The van der Waals surface area contributed by atoms with Crippen LogP contribution >= 0.6 is 0 Å². The fraction of sp³-hybridized carbons (Fsp3) is 0.436. The minimum absolute atomic E-state index is 0.531. The number of fused-ring (bicyclic) bond motifs is 1. The summed E-state index contributed by atoms with van der Waals surface area (Å²) in [5.74, 6) is 3.34. The molecule has 0 amide bonds. The van der Waals surface area contributed by atoms with Gasteiger partial charge in [-0.1, -0.05) is 68.8 Å². The molecule has 1 fully saturated rings. The van der Waals surface area contributed by atoms with Gasteiger partial charge in [-0.3, -0.25) is 4.90 Å². The Kier molecular flexibility index (Phi) is 9.23. The van der Waals surface area contributed by atoms with Crippen molar-refractivity contribution < 1.29 is 9.47 Å². The fourth-order valence-electron chi connectivity index (χ4n) is 6.64. The van der Waals surface area contributed by atoms with Crippen LogP contribution in [0.25, 0.3) is 11.3 Å². The first-order chi connectivity index (χ1) is 21.0. The third-order valence-corrected chi connectivity index (χ3v) is 9.23. The number of hydrogen-bond acceptors (Lipinski definition) is 3. The topological polar surface area (TPSA) is 26.6 Å². The molecule has 0 saturated heterocycles. The van der Waals surface area contributed by atoms with Crippen molar-refractivity contribution in [1.82, 2.24) is 9.47 Å². The molecule has 1 unspecified atom stereocenters. The smallest absolute Gasteiger partial charge is 0.123 e. The first-order valence-corrected chi connectivity index (χ1v) is 16.5. The second kappa shape index (κ2) is 13.4. The summed E-state index contributed by atoms with van der Waals surface area (Å²) in [6.45, 7) is 14.1. The quantitative estimate of drug-likeness (QED) is 0.159. The van der Waals surface area contributed by atoms with Crippen molar-refractivity contribution in [2.24, 2.45) is 0 Å². The van der Waals surface area contributed by atoms with Gasteiger partial charge in [0.25, 0.3) is 0 Å². The molecule has 0 N–H and O–H groups in total. The molecular formula is C39H48N2O2. The normalized spacial score (nSPS) is 16.3. The van der Waals surface area contributed by atoms with Crippen LogP contribution < -0.4 is 9.47 Å². The predicted molar refractivity (Wildman–Crippen MR) is 177 cm³/mol. The van der Waals surface area contributed by atoms with E-state index in [1.54, 1.807) is 0 Å². The Morgan fingerprint density at radius 3 is 2.42 bits per heavy atom. The SMILES string of the molecule is CCCCn1c(CN(Cc2ccc(C3CC3)c(OCC)c2)Cc2ccc3c(c2)C(C)CCO3)ccc1-c1ccccc1C. The maximum Gasteiger partial charge on any atom is 0.123 e. The molecule has 2 heterocycles. The van der Waals surface area contributed by atoms with Gasteiger partial charge in [0.05, 0.1) is 13.2 Å². The van der Waals surface area contributed by atoms with Crippen LogP contribution in [0.5, 0.6) is 11.5 Å². The fourth-order valence-corrected chi connectivity index (χ4v) is 6.64. The van der Waals surface area contributed by atoms with Crippen molar-refractivity contribution in [3.05, 3.63) is 106 Å². The minimum Gasteiger partial charge on any atom is -0.494 e. The van der Waals surface area contributed by atoms with Gasteiger partial charge in [-0.05, 0) is 103 Å². The monoisotopic (exact) mass is 576 g/mol. The number of nitrogens with zero attached hydrogens (tertiary/aromatic N) is 2. The molecule has 0 spiro atoms. The average molecular weight is 577 g/mol. The van der Waals surface area contributed by atoms with Crippen molar-refractivity contribution in [1.29, 1.82) is 0 Å². The zero-order valence-electron chi connectivity index (χ0n) is 26.6. The van der Waals surface area contributed by atoms with Gasteiger partial charge in [0.1, 0.15) is 11.5 Å². The van der Waals surface area contributed by atoms with Crippen LogP contribution in [0.4, 0.5) is 0 Å². The van der Waals surface area contributed by atoms with Gasteiger partial charge in [-0.2, -0.15) is 0 Å².